The summed E-state index contributed by atoms with van der Waals surface area (Å²) in [6.45, 7) is 5.06. The van der Waals surface area contributed by atoms with Gasteiger partial charge in [-0.25, -0.2) is 0 Å². The Balaban J connectivity index is 1.35. The molecule has 0 bridgehead atoms. The zero-order valence-corrected chi connectivity index (χ0v) is 15.6. The highest BCUT2D eigenvalue weighted by atomic mass is 32.2. The van der Waals surface area contributed by atoms with Gasteiger partial charge in [0.25, 0.3) is 0 Å². The monoisotopic (exact) mass is 354 g/mol. The average molecular weight is 355 g/mol. The van der Waals surface area contributed by atoms with E-state index in [0.717, 1.165) is 31.8 Å². The van der Waals surface area contributed by atoms with Crippen LogP contribution >= 0.6 is 11.8 Å². The van der Waals surface area contributed by atoms with E-state index in [2.05, 4.69) is 65.7 Å². The Morgan fingerprint density at radius 2 is 1.88 bits per heavy atom. The molecule has 2 aromatic carbocycles. The lowest BCUT2D eigenvalue weighted by Gasteiger charge is -2.16. The lowest BCUT2D eigenvalue weighted by molar-refractivity contribution is -0.119. The molecule has 25 heavy (non-hydrogen) atoms. The van der Waals surface area contributed by atoms with E-state index in [1.165, 1.54) is 16.7 Å². The molecule has 1 amide bonds. The van der Waals surface area contributed by atoms with E-state index in [-0.39, 0.29) is 11.9 Å². The molecule has 132 valence electrons. The van der Waals surface area contributed by atoms with Crippen LogP contribution in [0.2, 0.25) is 0 Å². The quantitative estimate of drug-likeness (QED) is 0.824. The molecule has 0 spiro atoms. The van der Waals surface area contributed by atoms with Gasteiger partial charge >= 0.3 is 0 Å². The third-order valence-electron chi connectivity index (χ3n) is 4.51. The summed E-state index contributed by atoms with van der Waals surface area (Å²) in [5.41, 5.74) is 3.88. The number of amides is 1. The second-order valence-electron chi connectivity index (χ2n) is 6.75. The largest absolute Gasteiger partial charge is 0.351 e. The summed E-state index contributed by atoms with van der Waals surface area (Å²) >= 11 is 1.68. The summed E-state index contributed by atoms with van der Waals surface area (Å²) in [7, 11) is 0. The summed E-state index contributed by atoms with van der Waals surface area (Å²) in [4.78, 5) is 14.6. The molecule has 0 aliphatic carbocycles. The highest BCUT2D eigenvalue weighted by Gasteiger charge is 2.23. The van der Waals surface area contributed by atoms with Crippen LogP contribution in [0, 0.1) is 6.92 Å². The van der Waals surface area contributed by atoms with Crippen LogP contribution in [0.1, 0.15) is 23.1 Å². The molecule has 0 saturated carbocycles. The Hall–Kier alpha value is -1.78. The fraction of sp³-hybridized carbons (Fsp3) is 0.381. The Kier molecular flexibility index (Phi) is 6.54. The molecular formula is C21H26N2OS. The smallest absolute Gasteiger partial charge is 0.230 e. The molecule has 2 aromatic rings. The number of nitrogens with one attached hydrogen (secondary N) is 1. The van der Waals surface area contributed by atoms with Gasteiger partial charge < -0.3 is 5.32 Å². The number of rotatable bonds is 7. The SMILES string of the molecule is Cc1ccc(CSCC(=O)NC2CCN(Cc3ccccc3)C2)cc1. The standard InChI is InChI=1S/C21H26N2OS/c1-17-7-9-19(10-8-17)15-25-16-21(24)22-20-11-12-23(14-20)13-18-5-3-2-4-6-18/h2-10,20H,11-16H2,1H3,(H,22,24). The number of likely N-dealkylation sites (tertiary alicyclic amines) is 1. The molecular weight excluding hydrogens is 328 g/mol. The summed E-state index contributed by atoms with van der Waals surface area (Å²) < 4.78 is 0. The molecule has 1 unspecified atom stereocenters. The Morgan fingerprint density at radius 1 is 1.12 bits per heavy atom. The molecule has 3 rings (SSSR count). The zero-order valence-electron chi connectivity index (χ0n) is 14.8. The first-order chi connectivity index (χ1) is 12.2. The summed E-state index contributed by atoms with van der Waals surface area (Å²) in [5, 5.41) is 3.19. The van der Waals surface area contributed by atoms with E-state index < -0.39 is 0 Å². The molecule has 0 radical (unpaired) electrons. The molecule has 1 fully saturated rings. The third kappa shape index (κ3) is 5.91. The van der Waals surface area contributed by atoms with Crippen molar-refractivity contribution in [1.82, 2.24) is 10.2 Å². The predicted molar refractivity (Wildman–Crippen MR) is 106 cm³/mol. The van der Waals surface area contributed by atoms with Crippen molar-refractivity contribution in [2.24, 2.45) is 0 Å². The van der Waals surface area contributed by atoms with Crippen molar-refractivity contribution in [2.45, 2.75) is 31.7 Å². The van der Waals surface area contributed by atoms with Gasteiger partial charge in [0.15, 0.2) is 0 Å². The van der Waals surface area contributed by atoms with Crippen LogP contribution in [0.4, 0.5) is 0 Å². The van der Waals surface area contributed by atoms with Crippen LogP contribution in [0.15, 0.2) is 54.6 Å². The Labute approximate surface area is 154 Å². The summed E-state index contributed by atoms with van der Waals surface area (Å²) in [6, 6.07) is 19.3. The van der Waals surface area contributed by atoms with Crippen molar-refractivity contribution in [3.63, 3.8) is 0 Å². The van der Waals surface area contributed by atoms with Gasteiger partial charge in [0.1, 0.15) is 0 Å². The number of hydrogen-bond donors (Lipinski definition) is 1. The van der Waals surface area contributed by atoms with E-state index in [0.29, 0.717) is 5.75 Å². The number of aryl methyl sites for hydroxylation is 1. The number of carbonyl (C=O) groups excluding carboxylic acids is 1. The van der Waals surface area contributed by atoms with Crippen LogP contribution in [0.5, 0.6) is 0 Å². The Bertz CT molecular complexity index is 672. The second kappa shape index (κ2) is 9.07. The molecule has 0 aromatic heterocycles. The number of thioether (sulfide) groups is 1. The van der Waals surface area contributed by atoms with Gasteiger partial charge in [0.05, 0.1) is 5.75 Å². The van der Waals surface area contributed by atoms with E-state index in [1.54, 1.807) is 11.8 Å². The minimum Gasteiger partial charge on any atom is -0.351 e. The van der Waals surface area contributed by atoms with Crippen LogP contribution in [0.3, 0.4) is 0 Å². The van der Waals surface area contributed by atoms with Crippen molar-refractivity contribution >= 4 is 17.7 Å². The Morgan fingerprint density at radius 3 is 2.64 bits per heavy atom. The maximum absolute atomic E-state index is 12.2. The molecule has 1 aliphatic rings. The average Bonchev–Trinajstić information content (AvgIpc) is 3.04. The molecule has 3 nitrogen and oxygen atoms in total. The fourth-order valence-electron chi connectivity index (χ4n) is 3.15. The lowest BCUT2D eigenvalue weighted by Crippen LogP contribution is -2.38. The van der Waals surface area contributed by atoms with Gasteiger partial charge in [0.2, 0.25) is 5.91 Å². The van der Waals surface area contributed by atoms with Crippen molar-refractivity contribution in [3.8, 4) is 0 Å². The van der Waals surface area contributed by atoms with E-state index in [9.17, 15) is 4.79 Å². The maximum Gasteiger partial charge on any atom is 0.230 e. The van der Waals surface area contributed by atoms with E-state index in [1.807, 2.05) is 6.07 Å². The van der Waals surface area contributed by atoms with E-state index >= 15 is 0 Å². The summed E-state index contributed by atoms with van der Waals surface area (Å²) in [6.07, 6.45) is 1.04. The first-order valence-electron chi connectivity index (χ1n) is 8.88. The number of nitrogens with zero attached hydrogens (tertiary/aromatic N) is 1. The zero-order chi connectivity index (χ0) is 17.5. The van der Waals surface area contributed by atoms with Crippen molar-refractivity contribution < 1.29 is 4.79 Å². The molecule has 1 aliphatic heterocycles. The minimum atomic E-state index is 0.156. The topological polar surface area (TPSA) is 32.3 Å². The first-order valence-corrected chi connectivity index (χ1v) is 10.0. The molecule has 1 heterocycles. The molecule has 4 heteroatoms. The van der Waals surface area contributed by atoms with Gasteiger partial charge in [-0.15, -0.1) is 11.8 Å². The number of carbonyl (C=O) groups is 1. The van der Waals surface area contributed by atoms with Crippen LogP contribution < -0.4 is 5.32 Å². The first kappa shape index (κ1) is 18.0. The number of hydrogen-bond acceptors (Lipinski definition) is 3. The van der Waals surface area contributed by atoms with Gasteiger partial charge in [-0.05, 0) is 24.5 Å². The van der Waals surface area contributed by atoms with Crippen LogP contribution in [-0.4, -0.2) is 35.7 Å². The van der Waals surface area contributed by atoms with Crippen molar-refractivity contribution in [2.75, 3.05) is 18.8 Å². The normalized spacial score (nSPS) is 17.6. The highest BCUT2D eigenvalue weighted by Crippen LogP contribution is 2.15. The van der Waals surface area contributed by atoms with Crippen molar-refractivity contribution in [1.29, 1.82) is 0 Å². The van der Waals surface area contributed by atoms with Gasteiger partial charge in [-0.1, -0.05) is 60.2 Å². The van der Waals surface area contributed by atoms with Crippen LogP contribution in [0.25, 0.3) is 0 Å². The molecule has 1 N–H and O–H groups in total. The number of benzene rings is 2. The maximum atomic E-state index is 12.2. The van der Waals surface area contributed by atoms with Gasteiger partial charge in [0, 0.05) is 31.4 Å². The fourth-order valence-corrected chi connectivity index (χ4v) is 3.95. The highest BCUT2D eigenvalue weighted by molar-refractivity contribution is 7.99. The molecule has 1 atom stereocenters. The lowest BCUT2D eigenvalue weighted by atomic mass is 10.2. The predicted octanol–water partition coefficient (Wildman–Crippen LogP) is 3.62. The van der Waals surface area contributed by atoms with Crippen LogP contribution in [-0.2, 0) is 17.1 Å². The van der Waals surface area contributed by atoms with E-state index in [4.69, 9.17) is 0 Å². The minimum absolute atomic E-state index is 0.156. The van der Waals surface area contributed by atoms with Gasteiger partial charge in [-0.2, -0.15) is 0 Å². The third-order valence-corrected chi connectivity index (χ3v) is 5.51. The second-order valence-corrected chi connectivity index (χ2v) is 7.74. The van der Waals surface area contributed by atoms with Crippen molar-refractivity contribution in [3.05, 3.63) is 71.3 Å². The van der Waals surface area contributed by atoms with Gasteiger partial charge in [-0.3, -0.25) is 9.69 Å². The molecule has 1 saturated heterocycles. The summed E-state index contributed by atoms with van der Waals surface area (Å²) in [5.74, 6) is 1.57.